The van der Waals surface area contributed by atoms with Gasteiger partial charge < -0.3 is 10.6 Å². The SMILES string of the molecule is CCN(CCc1cc(C(=O)Cl)cc(Br)c1N)C1CCCCC1. The first-order valence-corrected chi connectivity index (χ1v) is 9.21. The van der Waals surface area contributed by atoms with Crippen molar-refractivity contribution in [1.29, 1.82) is 0 Å². The molecule has 0 aromatic heterocycles. The number of anilines is 1. The largest absolute Gasteiger partial charge is 0.398 e. The second kappa shape index (κ2) is 8.32. The van der Waals surface area contributed by atoms with E-state index in [9.17, 15) is 4.79 Å². The zero-order valence-electron chi connectivity index (χ0n) is 13.1. The molecule has 5 heteroatoms. The van der Waals surface area contributed by atoms with Crippen molar-refractivity contribution in [2.24, 2.45) is 0 Å². The van der Waals surface area contributed by atoms with Gasteiger partial charge in [-0.2, -0.15) is 0 Å². The third-order valence-electron chi connectivity index (χ3n) is 4.61. The number of nitrogens with zero attached hydrogens (tertiary/aromatic N) is 1. The number of rotatable bonds is 6. The van der Waals surface area contributed by atoms with E-state index in [1.165, 1.54) is 32.1 Å². The summed E-state index contributed by atoms with van der Waals surface area (Å²) in [7, 11) is 0. The van der Waals surface area contributed by atoms with Crippen molar-refractivity contribution in [3.63, 3.8) is 0 Å². The van der Waals surface area contributed by atoms with Crippen LogP contribution in [0, 0.1) is 0 Å². The van der Waals surface area contributed by atoms with Gasteiger partial charge in [-0.25, -0.2) is 0 Å². The van der Waals surface area contributed by atoms with Crippen molar-refractivity contribution in [1.82, 2.24) is 4.90 Å². The van der Waals surface area contributed by atoms with Gasteiger partial charge in [-0.15, -0.1) is 0 Å². The molecule has 1 aliphatic carbocycles. The van der Waals surface area contributed by atoms with E-state index in [0.29, 0.717) is 17.3 Å². The number of carbonyl (C=O) groups excluding carboxylic acids is 1. The van der Waals surface area contributed by atoms with Crippen molar-refractivity contribution in [2.75, 3.05) is 18.8 Å². The van der Waals surface area contributed by atoms with Gasteiger partial charge >= 0.3 is 0 Å². The molecule has 3 nitrogen and oxygen atoms in total. The lowest BCUT2D eigenvalue weighted by Gasteiger charge is -2.33. The highest BCUT2D eigenvalue weighted by Gasteiger charge is 2.20. The van der Waals surface area contributed by atoms with Gasteiger partial charge in [-0.3, -0.25) is 4.79 Å². The van der Waals surface area contributed by atoms with Gasteiger partial charge in [0.1, 0.15) is 0 Å². The van der Waals surface area contributed by atoms with Crippen LogP contribution in [-0.2, 0) is 6.42 Å². The molecule has 0 atom stereocenters. The maximum absolute atomic E-state index is 11.4. The lowest BCUT2D eigenvalue weighted by atomic mass is 9.94. The Balaban J connectivity index is 2.07. The molecular weight excluding hydrogens is 364 g/mol. The van der Waals surface area contributed by atoms with Gasteiger partial charge in [0.15, 0.2) is 0 Å². The van der Waals surface area contributed by atoms with Crippen LogP contribution in [0.15, 0.2) is 16.6 Å². The fourth-order valence-electron chi connectivity index (χ4n) is 3.30. The third kappa shape index (κ3) is 4.46. The molecule has 0 saturated heterocycles. The highest BCUT2D eigenvalue weighted by Crippen LogP contribution is 2.28. The molecular formula is C17H24BrClN2O. The predicted octanol–water partition coefficient (Wildman–Crippen LogP) is 4.61. The molecule has 2 rings (SSSR count). The monoisotopic (exact) mass is 386 g/mol. The first-order chi connectivity index (χ1) is 10.5. The van der Waals surface area contributed by atoms with Crippen LogP contribution in [-0.4, -0.2) is 29.3 Å². The fourth-order valence-corrected chi connectivity index (χ4v) is 3.91. The topological polar surface area (TPSA) is 46.3 Å². The molecule has 1 saturated carbocycles. The van der Waals surface area contributed by atoms with E-state index in [1.54, 1.807) is 6.07 Å². The summed E-state index contributed by atoms with van der Waals surface area (Å²) >= 11 is 9.02. The molecule has 0 unspecified atom stereocenters. The van der Waals surface area contributed by atoms with Crippen LogP contribution in [0.2, 0.25) is 0 Å². The minimum atomic E-state index is -0.443. The van der Waals surface area contributed by atoms with E-state index >= 15 is 0 Å². The van der Waals surface area contributed by atoms with Crippen molar-refractivity contribution < 1.29 is 4.79 Å². The number of halogens is 2. The van der Waals surface area contributed by atoms with E-state index < -0.39 is 5.24 Å². The summed E-state index contributed by atoms with van der Waals surface area (Å²) in [6.07, 6.45) is 7.48. The van der Waals surface area contributed by atoms with Gasteiger partial charge in [0.2, 0.25) is 0 Å². The molecule has 0 heterocycles. The van der Waals surface area contributed by atoms with Crippen LogP contribution in [0.4, 0.5) is 5.69 Å². The Labute approximate surface area is 146 Å². The summed E-state index contributed by atoms with van der Waals surface area (Å²) in [5.74, 6) is 0. The minimum absolute atomic E-state index is 0.443. The van der Waals surface area contributed by atoms with Crippen LogP contribution in [0.1, 0.15) is 54.9 Å². The number of hydrogen-bond acceptors (Lipinski definition) is 3. The van der Waals surface area contributed by atoms with Crippen LogP contribution in [0.5, 0.6) is 0 Å². The second-order valence-corrected chi connectivity index (χ2v) is 7.17. The van der Waals surface area contributed by atoms with Crippen molar-refractivity contribution >= 4 is 38.5 Å². The van der Waals surface area contributed by atoms with Gasteiger partial charge in [-0.1, -0.05) is 26.2 Å². The van der Waals surface area contributed by atoms with E-state index in [-0.39, 0.29) is 0 Å². The van der Waals surface area contributed by atoms with E-state index in [0.717, 1.165) is 29.5 Å². The first kappa shape index (κ1) is 17.8. The molecule has 1 aliphatic rings. The Morgan fingerprint density at radius 2 is 2.05 bits per heavy atom. The molecule has 0 aliphatic heterocycles. The highest BCUT2D eigenvalue weighted by atomic mass is 79.9. The first-order valence-electron chi connectivity index (χ1n) is 8.04. The van der Waals surface area contributed by atoms with Gasteiger partial charge in [0, 0.05) is 28.3 Å². The van der Waals surface area contributed by atoms with Gasteiger partial charge in [0.05, 0.1) is 0 Å². The Kier molecular flexibility index (Phi) is 6.72. The average molecular weight is 388 g/mol. The number of nitrogen functional groups attached to an aromatic ring is 1. The maximum atomic E-state index is 11.4. The maximum Gasteiger partial charge on any atom is 0.252 e. The Morgan fingerprint density at radius 3 is 2.64 bits per heavy atom. The predicted molar refractivity (Wildman–Crippen MR) is 96.6 cm³/mol. The summed E-state index contributed by atoms with van der Waals surface area (Å²) in [5, 5.41) is -0.443. The number of nitrogens with two attached hydrogens (primary N) is 1. The smallest absolute Gasteiger partial charge is 0.252 e. The van der Waals surface area contributed by atoms with E-state index in [2.05, 4.69) is 27.8 Å². The number of carbonyl (C=O) groups is 1. The lowest BCUT2D eigenvalue weighted by molar-refractivity contribution is 0.108. The number of benzene rings is 1. The van der Waals surface area contributed by atoms with Gasteiger partial charge in [0.25, 0.3) is 5.24 Å². The molecule has 0 bridgehead atoms. The summed E-state index contributed by atoms with van der Waals surface area (Å²) < 4.78 is 0.745. The number of hydrogen-bond donors (Lipinski definition) is 1. The quantitative estimate of drug-likeness (QED) is 0.573. The molecule has 0 amide bonds. The van der Waals surface area contributed by atoms with Gasteiger partial charge in [-0.05, 0) is 71.0 Å². The van der Waals surface area contributed by atoms with Crippen molar-refractivity contribution in [2.45, 2.75) is 51.5 Å². The normalized spacial score (nSPS) is 16.2. The molecule has 1 fully saturated rings. The molecule has 1 aromatic rings. The van der Waals surface area contributed by atoms with Crippen LogP contribution in [0.25, 0.3) is 0 Å². The van der Waals surface area contributed by atoms with Crippen LogP contribution >= 0.6 is 27.5 Å². The molecule has 122 valence electrons. The minimum Gasteiger partial charge on any atom is -0.398 e. The fraction of sp³-hybridized carbons (Fsp3) is 0.588. The Hall–Kier alpha value is -0.580. The Bertz CT molecular complexity index is 530. The van der Waals surface area contributed by atoms with Crippen LogP contribution in [0.3, 0.4) is 0 Å². The van der Waals surface area contributed by atoms with Crippen molar-refractivity contribution in [3.05, 3.63) is 27.7 Å². The lowest BCUT2D eigenvalue weighted by Crippen LogP contribution is -2.38. The summed E-state index contributed by atoms with van der Waals surface area (Å²) in [6.45, 7) is 4.24. The van der Waals surface area contributed by atoms with E-state index in [4.69, 9.17) is 17.3 Å². The standard InChI is InChI=1S/C17H24BrClN2O/c1-2-21(14-6-4-3-5-7-14)9-8-12-10-13(17(19)22)11-15(18)16(12)20/h10-11,14H,2-9,20H2,1H3. The third-order valence-corrected chi connectivity index (χ3v) is 5.48. The second-order valence-electron chi connectivity index (χ2n) is 5.97. The molecule has 0 spiro atoms. The number of likely N-dealkylation sites (N-methyl/N-ethyl adjacent to an activating group) is 1. The molecule has 2 N–H and O–H groups in total. The molecule has 0 radical (unpaired) electrons. The molecule has 22 heavy (non-hydrogen) atoms. The highest BCUT2D eigenvalue weighted by molar-refractivity contribution is 9.10. The van der Waals surface area contributed by atoms with Crippen molar-refractivity contribution in [3.8, 4) is 0 Å². The zero-order chi connectivity index (χ0) is 16.1. The summed E-state index contributed by atoms with van der Waals surface area (Å²) in [4.78, 5) is 13.9. The molecule has 1 aromatic carbocycles. The zero-order valence-corrected chi connectivity index (χ0v) is 15.4. The summed E-state index contributed by atoms with van der Waals surface area (Å²) in [5.41, 5.74) is 8.34. The summed E-state index contributed by atoms with van der Waals surface area (Å²) in [6, 6.07) is 4.21. The van der Waals surface area contributed by atoms with Crippen LogP contribution < -0.4 is 5.73 Å². The van der Waals surface area contributed by atoms with E-state index in [1.807, 2.05) is 6.07 Å². The Morgan fingerprint density at radius 1 is 1.36 bits per heavy atom. The average Bonchev–Trinajstić information content (AvgIpc) is 2.52.